The van der Waals surface area contributed by atoms with Gasteiger partial charge in [0, 0.05) is 23.8 Å². The van der Waals surface area contributed by atoms with Crippen molar-refractivity contribution >= 4 is 35.1 Å². The van der Waals surface area contributed by atoms with Crippen LogP contribution in [0.25, 0.3) is 0 Å². The van der Waals surface area contributed by atoms with E-state index in [1.54, 1.807) is 6.07 Å². The molecule has 0 radical (unpaired) electrons. The average Bonchev–Trinajstić information content (AvgIpc) is 2.38. The number of hydrogen-bond donors (Lipinski definition) is 2. The number of nitrogens with two attached hydrogens (primary N) is 1. The fourth-order valence-electron chi connectivity index (χ4n) is 1.84. The summed E-state index contributed by atoms with van der Waals surface area (Å²) >= 11 is 5.81. The molecule has 0 aliphatic rings. The molecule has 0 unspecified atom stereocenters. The molecule has 2 rings (SSSR count). The van der Waals surface area contributed by atoms with Crippen LogP contribution in [0.15, 0.2) is 18.2 Å². The van der Waals surface area contributed by atoms with Gasteiger partial charge in [-0.2, -0.15) is 15.0 Å². The van der Waals surface area contributed by atoms with Crippen LogP contribution in [0.3, 0.4) is 0 Å². The maximum Gasteiger partial charge on any atom is 0.233 e. The van der Waals surface area contributed by atoms with Crippen LogP contribution in [0.1, 0.15) is 13.8 Å². The van der Waals surface area contributed by atoms with Crippen molar-refractivity contribution in [3.63, 3.8) is 0 Å². The van der Waals surface area contributed by atoms with Gasteiger partial charge in [-0.25, -0.2) is 4.39 Å². The number of benzene rings is 1. The lowest BCUT2D eigenvalue weighted by atomic mass is 10.3. The van der Waals surface area contributed by atoms with Crippen LogP contribution >= 0.6 is 11.6 Å². The Balaban J connectivity index is 2.31. The zero-order valence-electron chi connectivity index (χ0n) is 11.8. The first-order valence-corrected chi connectivity index (χ1v) is 6.89. The minimum atomic E-state index is -0.448. The minimum absolute atomic E-state index is 0.0944. The van der Waals surface area contributed by atoms with Crippen molar-refractivity contribution < 1.29 is 4.39 Å². The van der Waals surface area contributed by atoms with Crippen molar-refractivity contribution in [2.24, 2.45) is 0 Å². The van der Waals surface area contributed by atoms with Gasteiger partial charge in [-0.3, -0.25) is 0 Å². The molecule has 0 atom stereocenters. The molecule has 1 heterocycles. The summed E-state index contributed by atoms with van der Waals surface area (Å²) in [5.41, 5.74) is 6.13. The van der Waals surface area contributed by atoms with Gasteiger partial charge < -0.3 is 16.0 Å². The molecule has 0 bridgehead atoms. The molecule has 0 saturated heterocycles. The second kappa shape index (κ2) is 6.53. The lowest BCUT2D eigenvalue weighted by molar-refractivity contribution is 0.628. The maximum absolute atomic E-state index is 13.3. The summed E-state index contributed by atoms with van der Waals surface area (Å²) in [5.74, 6) is 0.358. The molecule has 1 aromatic heterocycles. The first-order valence-electron chi connectivity index (χ1n) is 6.51. The quantitative estimate of drug-likeness (QED) is 0.884. The summed E-state index contributed by atoms with van der Waals surface area (Å²) in [6.07, 6.45) is 0. The second-order valence-corrected chi connectivity index (χ2v) is 4.71. The van der Waals surface area contributed by atoms with Gasteiger partial charge in [0.25, 0.3) is 0 Å². The minimum Gasteiger partial charge on any atom is -0.368 e. The summed E-state index contributed by atoms with van der Waals surface area (Å²) in [5, 5.41) is 3.16. The van der Waals surface area contributed by atoms with Gasteiger partial charge in [-0.05, 0) is 32.0 Å². The summed E-state index contributed by atoms with van der Waals surface area (Å²) in [6, 6.07) is 4.08. The second-order valence-electron chi connectivity index (χ2n) is 4.27. The van der Waals surface area contributed by atoms with E-state index in [-0.39, 0.29) is 16.9 Å². The highest BCUT2D eigenvalue weighted by molar-refractivity contribution is 6.30. The van der Waals surface area contributed by atoms with Gasteiger partial charge in [-0.1, -0.05) is 11.6 Å². The number of nitrogens with zero attached hydrogens (tertiary/aromatic N) is 4. The van der Waals surface area contributed by atoms with E-state index < -0.39 is 5.82 Å². The molecule has 0 fully saturated rings. The molecule has 0 aliphatic carbocycles. The molecule has 0 aliphatic heterocycles. The Labute approximate surface area is 127 Å². The fourth-order valence-corrected chi connectivity index (χ4v) is 2.06. The van der Waals surface area contributed by atoms with Crippen LogP contribution in [0.5, 0.6) is 0 Å². The Morgan fingerprint density at radius 1 is 1.19 bits per heavy atom. The summed E-state index contributed by atoms with van der Waals surface area (Å²) < 4.78 is 13.3. The summed E-state index contributed by atoms with van der Waals surface area (Å²) in [6.45, 7) is 5.46. The molecule has 3 N–H and O–H groups in total. The predicted octanol–water partition coefficient (Wildman–Crippen LogP) is 2.84. The van der Waals surface area contributed by atoms with Crippen molar-refractivity contribution in [3.05, 3.63) is 29.0 Å². The summed E-state index contributed by atoms with van der Waals surface area (Å²) in [4.78, 5) is 14.3. The number of aromatic nitrogens is 3. The highest BCUT2D eigenvalue weighted by Gasteiger charge is 2.10. The predicted molar refractivity (Wildman–Crippen MR) is 82.5 cm³/mol. The molecule has 0 saturated carbocycles. The van der Waals surface area contributed by atoms with Crippen LogP contribution in [0.4, 0.5) is 27.9 Å². The van der Waals surface area contributed by atoms with Gasteiger partial charge in [0.1, 0.15) is 5.82 Å². The van der Waals surface area contributed by atoms with E-state index in [2.05, 4.69) is 20.3 Å². The number of halogens is 2. The van der Waals surface area contributed by atoms with E-state index in [1.165, 1.54) is 12.1 Å². The SMILES string of the molecule is CCN(CC)c1nc(N)nc(Nc2cc(F)cc(Cl)c2)n1. The highest BCUT2D eigenvalue weighted by Crippen LogP contribution is 2.21. The standard InChI is InChI=1S/C13H16ClFN6/c1-3-21(4-2)13-19-11(16)18-12(20-13)17-10-6-8(14)5-9(15)7-10/h5-7H,3-4H2,1-2H3,(H3,16,17,18,19,20). The molecule has 0 amide bonds. The smallest absolute Gasteiger partial charge is 0.233 e. The average molecular weight is 311 g/mol. The van der Waals surface area contributed by atoms with E-state index in [9.17, 15) is 4.39 Å². The van der Waals surface area contributed by atoms with E-state index in [4.69, 9.17) is 17.3 Å². The van der Waals surface area contributed by atoms with Crippen molar-refractivity contribution in [1.82, 2.24) is 15.0 Å². The lowest BCUT2D eigenvalue weighted by Gasteiger charge is -2.19. The van der Waals surface area contributed by atoms with Crippen molar-refractivity contribution in [2.75, 3.05) is 29.0 Å². The van der Waals surface area contributed by atoms with Gasteiger partial charge in [0.2, 0.25) is 17.8 Å². The monoisotopic (exact) mass is 310 g/mol. The first kappa shape index (κ1) is 15.2. The Morgan fingerprint density at radius 3 is 2.52 bits per heavy atom. The van der Waals surface area contributed by atoms with Crippen LogP contribution in [-0.2, 0) is 0 Å². The number of rotatable bonds is 5. The van der Waals surface area contributed by atoms with Crippen LogP contribution in [0, 0.1) is 5.82 Å². The number of hydrogen-bond acceptors (Lipinski definition) is 6. The highest BCUT2D eigenvalue weighted by atomic mass is 35.5. The van der Waals surface area contributed by atoms with Gasteiger partial charge in [0.15, 0.2) is 0 Å². The third kappa shape index (κ3) is 3.91. The molecule has 6 nitrogen and oxygen atoms in total. The number of nitrogens with one attached hydrogen (secondary N) is 1. The van der Waals surface area contributed by atoms with E-state index >= 15 is 0 Å². The molecule has 8 heteroatoms. The molecule has 2 aromatic rings. The van der Waals surface area contributed by atoms with Crippen LogP contribution in [0.2, 0.25) is 5.02 Å². The maximum atomic E-state index is 13.3. The van der Waals surface area contributed by atoms with E-state index in [1.807, 2.05) is 18.7 Å². The van der Waals surface area contributed by atoms with Crippen LogP contribution in [-0.4, -0.2) is 28.0 Å². The molecule has 1 aromatic carbocycles. The zero-order chi connectivity index (χ0) is 15.4. The topological polar surface area (TPSA) is 80.0 Å². The summed E-state index contributed by atoms with van der Waals surface area (Å²) in [7, 11) is 0. The Hall–Kier alpha value is -2.15. The lowest BCUT2D eigenvalue weighted by Crippen LogP contribution is -2.25. The third-order valence-corrected chi connectivity index (χ3v) is 3.02. The third-order valence-electron chi connectivity index (χ3n) is 2.81. The molecule has 0 spiro atoms. The molecule has 21 heavy (non-hydrogen) atoms. The van der Waals surface area contributed by atoms with Crippen molar-refractivity contribution in [1.29, 1.82) is 0 Å². The number of nitrogen functional groups attached to an aromatic ring is 1. The Morgan fingerprint density at radius 2 is 1.90 bits per heavy atom. The zero-order valence-corrected chi connectivity index (χ0v) is 12.5. The van der Waals surface area contributed by atoms with Gasteiger partial charge in [-0.15, -0.1) is 0 Å². The first-order chi connectivity index (χ1) is 10.0. The fraction of sp³-hybridized carbons (Fsp3) is 0.308. The Kier molecular flexibility index (Phi) is 4.74. The van der Waals surface area contributed by atoms with Crippen molar-refractivity contribution in [2.45, 2.75) is 13.8 Å². The van der Waals surface area contributed by atoms with Crippen LogP contribution < -0.4 is 16.0 Å². The van der Waals surface area contributed by atoms with Gasteiger partial charge >= 0.3 is 0 Å². The normalized spacial score (nSPS) is 10.5. The molecular weight excluding hydrogens is 295 g/mol. The molecular formula is C13H16ClFN6. The number of anilines is 4. The largest absolute Gasteiger partial charge is 0.368 e. The molecule has 112 valence electrons. The van der Waals surface area contributed by atoms with Gasteiger partial charge in [0.05, 0.1) is 0 Å². The van der Waals surface area contributed by atoms with Crippen molar-refractivity contribution in [3.8, 4) is 0 Å². The van der Waals surface area contributed by atoms with E-state index in [0.717, 1.165) is 13.1 Å². The Bertz CT molecular complexity index is 612. The van der Waals surface area contributed by atoms with E-state index in [0.29, 0.717) is 11.6 Å².